The van der Waals surface area contributed by atoms with Crippen molar-refractivity contribution in [2.75, 3.05) is 26.2 Å². The van der Waals surface area contributed by atoms with Crippen molar-refractivity contribution in [3.8, 4) is 0 Å². The van der Waals surface area contributed by atoms with E-state index in [4.69, 9.17) is 4.74 Å². The number of hydrogen-bond acceptors (Lipinski definition) is 5. The minimum absolute atomic E-state index is 0.179. The van der Waals surface area contributed by atoms with E-state index in [0.717, 1.165) is 37.1 Å². The van der Waals surface area contributed by atoms with Gasteiger partial charge in [0.15, 0.2) is 5.69 Å². The van der Waals surface area contributed by atoms with E-state index in [2.05, 4.69) is 10.4 Å². The van der Waals surface area contributed by atoms with Crippen LogP contribution in [0.2, 0.25) is 0 Å². The van der Waals surface area contributed by atoms with E-state index in [9.17, 15) is 14.7 Å². The highest BCUT2D eigenvalue weighted by Crippen LogP contribution is 2.25. The number of amides is 1. The lowest BCUT2D eigenvalue weighted by Gasteiger charge is -2.28. The number of carbonyl (C=O) groups excluding carboxylic acids is 1. The molecule has 0 aromatic carbocycles. The quantitative estimate of drug-likeness (QED) is 0.801. The maximum atomic E-state index is 11.6. The Morgan fingerprint density at radius 3 is 3.04 bits per heavy atom. The molecule has 8 heteroatoms. The van der Waals surface area contributed by atoms with Crippen LogP contribution in [0.15, 0.2) is 0 Å². The molecule has 0 saturated carbocycles. The van der Waals surface area contributed by atoms with Gasteiger partial charge in [0.05, 0.1) is 6.61 Å². The Morgan fingerprint density at radius 1 is 1.50 bits per heavy atom. The molecule has 2 N–H and O–H groups in total. The third-order valence-corrected chi connectivity index (χ3v) is 4.72. The van der Waals surface area contributed by atoms with Crippen molar-refractivity contribution in [3.63, 3.8) is 0 Å². The Morgan fingerprint density at radius 2 is 2.33 bits per heavy atom. The summed E-state index contributed by atoms with van der Waals surface area (Å²) in [6.45, 7) is 5.20. The van der Waals surface area contributed by atoms with Gasteiger partial charge in [-0.05, 0) is 32.6 Å². The number of nitrogens with zero attached hydrogens (tertiary/aromatic N) is 3. The Labute approximate surface area is 140 Å². The van der Waals surface area contributed by atoms with Gasteiger partial charge in [0, 0.05) is 43.5 Å². The predicted octanol–water partition coefficient (Wildman–Crippen LogP) is 0.890. The van der Waals surface area contributed by atoms with Crippen LogP contribution in [0.25, 0.3) is 0 Å². The van der Waals surface area contributed by atoms with Gasteiger partial charge in [-0.1, -0.05) is 0 Å². The van der Waals surface area contributed by atoms with Gasteiger partial charge < -0.3 is 20.1 Å². The summed E-state index contributed by atoms with van der Waals surface area (Å²) in [7, 11) is 0. The minimum atomic E-state index is -0.963. The molecule has 1 saturated heterocycles. The van der Waals surface area contributed by atoms with Gasteiger partial charge in [-0.15, -0.1) is 0 Å². The zero-order valence-electron chi connectivity index (χ0n) is 14.0. The van der Waals surface area contributed by atoms with E-state index < -0.39 is 5.97 Å². The molecular weight excluding hydrogens is 312 g/mol. The molecule has 1 aromatic heterocycles. The number of hydrogen-bond donors (Lipinski definition) is 2. The van der Waals surface area contributed by atoms with Gasteiger partial charge in [-0.3, -0.25) is 4.68 Å². The summed E-state index contributed by atoms with van der Waals surface area (Å²) in [5.41, 5.74) is 2.08. The standard InChI is InChI=1S/C16H24N4O4/c1-2-20-13-5-4-11(10-12(13)14(18-20)15(21)22)17-6-8-19-7-3-9-24-16(19)23/h11,17H,2-10H2,1H3,(H,21,22)/t11-/m0/s1. The first-order valence-electron chi connectivity index (χ1n) is 8.57. The molecule has 3 rings (SSSR count). The number of nitrogens with one attached hydrogen (secondary N) is 1. The van der Waals surface area contributed by atoms with Crippen LogP contribution in [-0.2, 0) is 24.1 Å². The maximum absolute atomic E-state index is 11.6. The van der Waals surface area contributed by atoms with E-state index in [1.807, 2.05) is 6.92 Å². The molecule has 1 aliphatic heterocycles. The minimum Gasteiger partial charge on any atom is -0.476 e. The summed E-state index contributed by atoms with van der Waals surface area (Å²) < 4.78 is 6.82. The number of rotatable bonds is 6. The van der Waals surface area contributed by atoms with Gasteiger partial charge in [0.2, 0.25) is 0 Å². The molecule has 24 heavy (non-hydrogen) atoms. The normalized spacial score (nSPS) is 20.6. The molecule has 8 nitrogen and oxygen atoms in total. The molecule has 2 aliphatic rings. The molecular formula is C16H24N4O4. The average Bonchev–Trinajstić information content (AvgIpc) is 2.95. The predicted molar refractivity (Wildman–Crippen MR) is 86.2 cm³/mol. The van der Waals surface area contributed by atoms with Crippen LogP contribution in [0.3, 0.4) is 0 Å². The highest BCUT2D eigenvalue weighted by atomic mass is 16.6. The second-order valence-electron chi connectivity index (χ2n) is 6.24. The fourth-order valence-corrected chi connectivity index (χ4v) is 3.50. The highest BCUT2D eigenvalue weighted by Gasteiger charge is 2.28. The second kappa shape index (κ2) is 7.21. The average molecular weight is 336 g/mol. The molecule has 0 bridgehead atoms. The number of aromatic nitrogens is 2. The smallest absolute Gasteiger partial charge is 0.409 e. The fraction of sp³-hybridized carbons (Fsp3) is 0.688. The summed E-state index contributed by atoms with van der Waals surface area (Å²) in [6, 6.07) is 0.214. The van der Waals surface area contributed by atoms with Crippen LogP contribution < -0.4 is 5.32 Å². The molecule has 0 radical (unpaired) electrons. The lowest BCUT2D eigenvalue weighted by atomic mass is 9.91. The number of ether oxygens (including phenoxy) is 1. The number of carboxylic acid groups (broad SMARTS) is 1. The first kappa shape index (κ1) is 16.8. The van der Waals surface area contributed by atoms with Crippen LogP contribution >= 0.6 is 0 Å². The zero-order chi connectivity index (χ0) is 17.1. The second-order valence-corrected chi connectivity index (χ2v) is 6.24. The largest absolute Gasteiger partial charge is 0.476 e. The van der Waals surface area contributed by atoms with Gasteiger partial charge in [0.25, 0.3) is 0 Å². The number of aryl methyl sites for hydroxylation is 1. The molecule has 1 atom stereocenters. The summed E-state index contributed by atoms with van der Waals surface area (Å²) in [4.78, 5) is 24.7. The van der Waals surface area contributed by atoms with Gasteiger partial charge in [-0.25, -0.2) is 9.59 Å². The van der Waals surface area contributed by atoms with Gasteiger partial charge in [-0.2, -0.15) is 5.10 Å². The molecule has 132 valence electrons. The van der Waals surface area contributed by atoms with Crippen LogP contribution in [0.5, 0.6) is 0 Å². The van der Waals surface area contributed by atoms with Crippen molar-refractivity contribution < 1.29 is 19.4 Å². The molecule has 2 heterocycles. The molecule has 1 aromatic rings. The van der Waals surface area contributed by atoms with Crippen molar-refractivity contribution >= 4 is 12.1 Å². The molecule has 1 fully saturated rings. The van der Waals surface area contributed by atoms with Crippen molar-refractivity contribution in [3.05, 3.63) is 17.0 Å². The van der Waals surface area contributed by atoms with E-state index >= 15 is 0 Å². The third kappa shape index (κ3) is 3.38. The summed E-state index contributed by atoms with van der Waals surface area (Å²) in [5.74, 6) is -0.963. The van der Waals surface area contributed by atoms with E-state index in [-0.39, 0.29) is 17.8 Å². The molecule has 1 amide bonds. The van der Waals surface area contributed by atoms with Crippen molar-refractivity contribution in [1.82, 2.24) is 20.0 Å². The summed E-state index contributed by atoms with van der Waals surface area (Å²) in [6.07, 6.45) is 3.07. The highest BCUT2D eigenvalue weighted by molar-refractivity contribution is 5.87. The third-order valence-electron chi connectivity index (χ3n) is 4.72. The van der Waals surface area contributed by atoms with Crippen molar-refractivity contribution in [2.45, 2.75) is 45.2 Å². The number of aromatic carboxylic acids is 1. The Hall–Kier alpha value is -2.09. The lowest BCUT2D eigenvalue weighted by molar-refractivity contribution is 0.0685. The van der Waals surface area contributed by atoms with Crippen molar-refractivity contribution in [1.29, 1.82) is 0 Å². The first-order valence-corrected chi connectivity index (χ1v) is 8.57. The van der Waals surface area contributed by atoms with E-state index in [1.54, 1.807) is 9.58 Å². The molecule has 0 spiro atoms. The Balaban J connectivity index is 1.58. The molecule has 1 aliphatic carbocycles. The summed E-state index contributed by atoms with van der Waals surface area (Å²) >= 11 is 0. The van der Waals surface area contributed by atoms with E-state index in [0.29, 0.717) is 32.7 Å². The number of carbonyl (C=O) groups is 2. The monoisotopic (exact) mass is 336 g/mol. The SMILES string of the molecule is CCn1nc(C(=O)O)c2c1CC[C@H](NCCN1CCCOC1=O)C2. The number of fused-ring (bicyclic) bond motifs is 1. The molecule has 0 unspecified atom stereocenters. The summed E-state index contributed by atoms with van der Waals surface area (Å²) in [5, 5.41) is 17.0. The lowest BCUT2D eigenvalue weighted by Crippen LogP contribution is -2.44. The number of carboxylic acids is 1. The maximum Gasteiger partial charge on any atom is 0.409 e. The van der Waals surface area contributed by atoms with Crippen molar-refractivity contribution in [2.24, 2.45) is 0 Å². The zero-order valence-corrected chi connectivity index (χ0v) is 14.0. The van der Waals surface area contributed by atoms with Crippen LogP contribution in [0.4, 0.5) is 4.79 Å². The van der Waals surface area contributed by atoms with Gasteiger partial charge >= 0.3 is 12.1 Å². The number of cyclic esters (lactones) is 1. The Bertz CT molecular complexity index is 628. The van der Waals surface area contributed by atoms with Crippen LogP contribution in [0.1, 0.15) is 41.5 Å². The Kier molecular flexibility index (Phi) is 5.03. The van der Waals surface area contributed by atoms with Crippen LogP contribution in [0, 0.1) is 0 Å². The van der Waals surface area contributed by atoms with E-state index in [1.165, 1.54) is 0 Å². The topological polar surface area (TPSA) is 96.7 Å². The first-order chi connectivity index (χ1) is 11.6. The fourth-order valence-electron chi connectivity index (χ4n) is 3.50. The van der Waals surface area contributed by atoms with Gasteiger partial charge in [0.1, 0.15) is 0 Å². The van der Waals surface area contributed by atoms with Crippen LogP contribution in [-0.4, -0.2) is 64.1 Å².